The Morgan fingerprint density at radius 1 is 1.38 bits per heavy atom. The molecule has 2 heterocycles. The number of hydrogen-bond donors (Lipinski definition) is 1. The molecule has 1 saturated heterocycles. The predicted octanol–water partition coefficient (Wildman–Crippen LogP) is 2.88. The SMILES string of the molecule is Cc1ncc(CN(C)C)c([C@H]2CCCN2Cc2cccc(C(=O)O)c2)n1. The van der Waals surface area contributed by atoms with E-state index in [0.29, 0.717) is 5.56 Å². The zero-order valence-corrected chi connectivity index (χ0v) is 15.6. The van der Waals surface area contributed by atoms with Gasteiger partial charge in [0, 0.05) is 24.8 Å². The Morgan fingerprint density at radius 3 is 2.92 bits per heavy atom. The highest BCUT2D eigenvalue weighted by atomic mass is 16.4. The Morgan fingerprint density at radius 2 is 2.19 bits per heavy atom. The maximum atomic E-state index is 11.2. The standard InChI is InChI=1S/C20H26N4O2/c1-14-21-11-17(13-23(2)3)19(22-14)18-8-5-9-24(18)12-15-6-4-7-16(10-15)20(25)26/h4,6-7,10-11,18H,5,8-9,12-13H2,1-3H3,(H,25,26)/t18-/m1/s1. The van der Waals surface area contributed by atoms with Crippen molar-refractivity contribution in [2.24, 2.45) is 0 Å². The topological polar surface area (TPSA) is 69.6 Å². The van der Waals surface area contributed by atoms with Crippen LogP contribution in [0.4, 0.5) is 0 Å². The largest absolute Gasteiger partial charge is 0.478 e. The van der Waals surface area contributed by atoms with E-state index >= 15 is 0 Å². The van der Waals surface area contributed by atoms with Crippen LogP contribution in [0.3, 0.4) is 0 Å². The van der Waals surface area contributed by atoms with Crippen LogP contribution in [-0.4, -0.2) is 51.5 Å². The van der Waals surface area contributed by atoms with E-state index < -0.39 is 5.97 Å². The molecular weight excluding hydrogens is 328 g/mol. The minimum Gasteiger partial charge on any atom is -0.478 e. The van der Waals surface area contributed by atoms with Crippen molar-refractivity contribution in [3.63, 3.8) is 0 Å². The monoisotopic (exact) mass is 354 g/mol. The summed E-state index contributed by atoms with van der Waals surface area (Å²) in [7, 11) is 4.10. The molecule has 0 amide bonds. The van der Waals surface area contributed by atoms with Gasteiger partial charge in [-0.3, -0.25) is 4.90 Å². The number of aromatic nitrogens is 2. The maximum Gasteiger partial charge on any atom is 0.335 e. The highest BCUT2D eigenvalue weighted by Gasteiger charge is 2.29. The van der Waals surface area contributed by atoms with E-state index in [1.165, 1.54) is 0 Å². The first-order chi connectivity index (χ1) is 12.4. The van der Waals surface area contributed by atoms with Crippen molar-refractivity contribution < 1.29 is 9.90 Å². The van der Waals surface area contributed by atoms with Gasteiger partial charge in [-0.15, -0.1) is 0 Å². The summed E-state index contributed by atoms with van der Waals surface area (Å²) in [5.41, 5.74) is 3.64. The molecule has 0 aliphatic carbocycles. The Bertz CT molecular complexity index is 791. The van der Waals surface area contributed by atoms with Gasteiger partial charge in [-0.1, -0.05) is 12.1 Å². The molecule has 3 rings (SSSR count). The second-order valence-electron chi connectivity index (χ2n) is 7.20. The first kappa shape index (κ1) is 18.5. The van der Waals surface area contributed by atoms with Gasteiger partial charge < -0.3 is 10.0 Å². The van der Waals surface area contributed by atoms with Gasteiger partial charge in [-0.25, -0.2) is 14.8 Å². The fraction of sp³-hybridized carbons (Fsp3) is 0.450. The Labute approximate surface area is 154 Å². The van der Waals surface area contributed by atoms with E-state index in [4.69, 9.17) is 4.98 Å². The first-order valence-corrected chi connectivity index (χ1v) is 8.97. The third kappa shape index (κ3) is 4.26. The molecule has 1 fully saturated rings. The van der Waals surface area contributed by atoms with Gasteiger partial charge in [-0.05, 0) is 58.1 Å². The van der Waals surface area contributed by atoms with Crippen LogP contribution in [0, 0.1) is 6.92 Å². The van der Waals surface area contributed by atoms with Crippen molar-refractivity contribution in [2.45, 2.75) is 38.9 Å². The normalized spacial score (nSPS) is 17.8. The summed E-state index contributed by atoms with van der Waals surface area (Å²) < 4.78 is 0. The average molecular weight is 354 g/mol. The van der Waals surface area contributed by atoms with Gasteiger partial charge in [-0.2, -0.15) is 0 Å². The zero-order chi connectivity index (χ0) is 18.7. The van der Waals surface area contributed by atoms with E-state index in [2.05, 4.69) is 14.8 Å². The molecule has 0 spiro atoms. The Kier molecular flexibility index (Phi) is 5.64. The second kappa shape index (κ2) is 7.93. The van der Waals surface area contributed by atoms with Crippen LogP contribution in [0.5, 0.6) is 0 Å². The molecule has 1 aliphatic rings. The molecule has 1 aromatic carbocycles. The quantitative estimate of drug-likeness (QED) is 0.860. The summed E-state index contributed by atoms with van der Waals surface area (Å²) in [6.07, 6.45) is 4.13. The lowest BCUT2D eigenvalue weighted by atomic mass is 10.0. The van der Waals surface area contributed by atoms with Crippen LogP contribution in [0.1, 0.15) is 51.9 Å². The van der Waals surface area contributed by atoms with Crippen molar-refractivity contribution >= 4 is 5.97 Å². The fourth-order valence-electron chi connectivity index (χ4n) is 3.63. The smallest absolute Gasteiger partial charge is 0.335 e. The van der Waals surface area contributed by atoms with Crippen LogP contribution < -0.4 is 0 Å². The highest BCUT2D eigenvalue weighted by molar-refractivity contribution is 5.87. The number of carboxylic acid groups (broad SMARTS) is 1. The van der Waals surface area contributed by atoms with Crippen molar-refractivity contribution in [1.29, 1.82) is 0 Å². The lowest BCUT2D eigenvalue weighted by molar-refractivity contribution is 0.0696. The lowest BCUT2D eigenvalue weighted by Gasteiger charge is -2.26. The van der Waals surface area contributed by atoms with Crippen LogP contribution in [0.2, 0.25) is 0 Å². The summed E-state index contributed by atoms with van der Waals surface area (Å²) in [6.45, 7) is 4.47. The summed E-state index contributed by atoms with van der Waals surface area (Å²) >= 11 is 0. The number of nitrogens with zero attached hydrogens (tertiary/aromatic N) is 4. The molecule has 1 aromatic heterocycles. The molecule has 0 saturated carbocycles. The molecule has 1 aliphatic heterocycles. The van der Waals surface area contributed by atoms with Crippen LogP contribution in [-0.2, 0) is 13.1 Å². The van der Waals surface area contributed by atoms with Gasteiger partial charge in [0.1, 0.15) is 5.82 Å². The van der Waals surface area contributed by atoms with Gasteiger partial charge in [0.2, 0.25) is 0 Å². The minimum atomic E-state index is -0.885. The number of likely N-dealkylation sites (tertiary alicyclic amines) is 1. The third-order valence-electron chi connectivity index (χ3n) is 4.74. The summed E-state index contributed by atoms with van der Waals surface area (Å²) in [4.78, 5) is 24.9. The molecule has 0 bridgehead atoms. The van der Waals surface area contributed by atoms with Gasteiger partial charge in [0.25, 0.3) is 0 Å². The van der Waals surface area contributed by atoms with Crippen molar-refractivity contribution in [3.05, 3.63) is 58.7 Å². The average Bonchev–Trinajstić information content (AvgIpc) is 3.04. The molecule has 6 heteroatoms. The number of carboxylic acids is 1. The van der Waals surface area contributed by atoms with E-state index in [1.807, 2.05) is 39.3 Å². The van der Waals surface area contributed by atoms with Crippen LogP contribution >= 0.6 is 0 Å². The molecule has 26 heavy (non-hydrogen) atoms. The number of aromatic carboxylic acids is 1. The number of aryl methyl sites for hydroxylation is 1. The lowest BCUT2D eigenvalue weighted by Crippen LogP contribution is -2.26. The van der Waals surface area contributed by atoms with E-state index in [9.17, 15) is 9.90 Å². The number of hydrogen-bond acceptors (Lipinski definition) is 5. The van der Waals surface area contributed by atoms with Gasteiger partial charge >= 0.3 is 5.97 Å². The van der Waals surface area contributed by atoms with E-state index in [-0.39, 0.29) is 6.04 Å². The van der Waals surface area contributed by atoms with Crippen LogP contribution in [0.25, 0.3) is 0 Å². The molecule has 1 atom stereocenters. The molecule has 0 unspecified atom stereocenters. The summed E-state index contributed by atoms with van der Waals surface area (Å²) in [5.74, 6) is -0.0910. The Balaban J connectivity index is 1.86. The number of rotatable bonds is 6. The Hall–Kier alpha value is -2.31. The van der Waals surface area contributed by atoms with Crippen LogP contribution in [0.15, 0.2) is 30.5 Å². The van der Waals surface area contributed by atoms with Crippen molar-refractivity contribution in [3.8, 4) is 0 Å². The van der Waals surface area contributed by atoms with Crippen molar-refractivity contribution in [2.75, 3.05) is 20.6 Å². The number of carbonyl (C=O) groups is 1. The van der Waals surface area contributed by atoms with Gasteiger partial charge in [0.15, 0.2) is 0 Å². The first-order valence-electron chi connectivity index (χ1n) is 8.97. The molecule has 2 aromatic rings. The molecule has 0 radical (unpaired) electrons. The minimum absolute atomic E-state index is 0.250. The molecular formula is C20H26N4O2. The van der Waals surface area contributed by atoms with Crippen molar-refractivity contribution in [1.82, 2.24) is 19.8 Å². The molecule has 1 N–H and O–H groups in total. The zero-order valence-electron chi connectivity index (χ0n) is 15.6. The number of benzene rings is 1. The second-order valence-corrected chi connectivity index (χ2v) is 7.20. The molecule has 6 nitrogen and oxygen atoms in total. The highest BCUT2D eigenvalue weighted by Crippen LogP contribution is 2.34. The van der Waals surface area contributed by atoms with E-state index in [1.54, 1.807) is 12.1 Å². The molecule has 138 valence electrons. The third-order valence-corrected chi connectivity index (χ3v) is 4.74. The maximum absolute atomic E-state index is 11.2. The van der Waals surface area contributed by atoms with E-state index in [0.717, 1.165) is 55.1 Å². The van der Waals surface area contributed by atoms with Gasteiger partial charge in [0.05, 0.1) is 17.3 Å². The summed E-state index contributed by atoms with van der Waals surface area (Å²) in [6, 6.07) is 7.46. The summed E-state index contributed by atoms with van der Waals surface area (Å²) in [5, 5.41) is 9.22. The predicted molar refractivity (Wildman–Crippen MR) is 99.9 cm³/mol. The fourth-order valence-corrected chi connectivity index (χ4v) is 3.63.